The molecule has 0 saturated carbocycles. The fourth-order valence-electron chi connectivity index (χ4n) is 1.27. The quantitative estimate of drug-likeness (QED) is 0.351. The average Bonchev–Trinajstić information content (AvgIpc) is 2.33. The lowest BCUT2D eigenvalue weighted by molar-refractivity contribution is -0.384. The standard InChI is InChI=1S/C9H10F3N3O4S2/c10-9(11,12)20-4-3-14-21(18,19)6-1-2-7(13)8(5-6)15(16)17/h1-2,5,14H,3-4,13H2. The van der Waals surface area contributed by atoms with Crippen LogP contribution in [0.2, 0.25) is 0 Å². The van der Waals surface area contributed by atoms with Crippen LogP contribution in [0.25, 0.3) is 0 Å². The van der Waals surface area contributed by atoms with Crippen molar-refractivity contribution in [2.75, 3.05) is 18.0 Å². The van der Waals surface area contributed by atoms with Gasteiger partial charge in [0.25, 0.3) is 5.69 Å². The lowest BCUT2D eigenvalue weighted by Gasteiger charge is -2.08. The van der Waals surface area contributed by atoms with Crippen molar-refractivity contribution in [1.29, 1.82) is 0 Å². The molecule has 0 heterocycles. The molecule has 0 spiro atoms. The van der Waals surface area contributed by atoms with E-state index in [4.69, 9.17) is 5.73 Å². The molecule has 1 rings (SSSR count). The molecule has 0 radical (unpaired) electrons. The minimum absolute atomic E-state index is 0.216. The Morgan fingerprint density at radius 2 is 2.00 bits per heavy atom. The summed E-state index contributed by atoms with van der Waals surface area (Å²) in [7, 11) is -4.14. The normalized spacial score (nSPS) is 12.3. The van der Waals surface area contributed by atoms with Crippen LogP contribution in [0.3, 0.4) is 0 Å². The van der Waals surface area contributed by atoms with Crippen LogP contribution in [0, 0.1) is 10.1 Å². The average molecular weight is 345 g/mol. The van der Waals surface area contributed by atoms with Crippen molar-refractivity contribution in [2.24, 2.45) is 0 Å². The van der Waals surface area contributed by atoms with Crippen LogP contribution >= 0.6 is 11.8 Å². The number of halogens is 3. The van der Waals surface area contributed by atoms with Crippen molar-refractivity contribution in [2.45, 2.75) is 10.4 Å². The zero-order chi connectivity index (χ0) is 16.3. The molecule has 0 saturated heterocycles. The number of nitrogens with one attached hydrogen (secondary N) is 1. The van der Waals surface area contributed by atoms with Gasteiger partial charge in [-0.05, 0) is 23.9 Å². The number of alkyl halides is 3. The van der Waals surface area contributed by atoms with Crippen LogP contribution in [0.15, 0.2) is 23.1 Å². The molecule has 0 atom stereocenters. The molecular formula is C9H10F3N3O4S2. The number of hydrogen-bond donors (Lipinski definition) is 2. The van der Waals surface area contributed by atoms with Gasteiger partial charge in [-0.2, -0.15) is 13.2 Å². The molecule has 0 unspecified atom stereocenters. The Balaban J connectivity index is 2.79. The Bertz CT molecular complexity index is 634. The fraction of sp³-hybridized carbons (Fsp3) is 0.333. The van der Waals surface area contributed by atoms with Gasteiger partial charge in [-0.1, -0.05) is 0 Å². The van der Waals surface area contributed by atoms with Gasteiger partial charge >= 0.3 is 5.51 Å². The molecule has 0 aromatic heterocycles. The van der Waals surface area contributed by atoms with E-state index in [1.165, 1.54) is 0 Å². The Labute approximate surface area is 121 Å². The van der Waals surface area contributed by atoms with Crippen molar-refractivity contribution in [3.05, 3.63) is 28.3 Å². The molecule has 12 heteroatoms. The van der Waals surface area contributed by atoms with E-state index in [2.05, 4.69) is 0 Å². The summed E-state index contributed by atoms with van der Waals surface area (Å²) in [4.78, 5) is 9.36. The molecule has 3 N–H and O–H groups in total. The van der Waals surface area contributed by atoms with Crippen molar-refractivity contribution in [3.8, 4) is 0 Å². The third-order valence-corrected chi connectivity index (χ3v) is 4.36. The molecule has 118 valence electrons. The number of nitrogen functional groups attached to an aromatic ring is 1. The summed E-state index contributed by atoms with van der Waals surface area (Å²) in [6, 6.07) is 2.81. The molecular weight excluding hydrogens is 335 g/mol. The Kier molecular flexibility index (Phi) is 5.42. The molecule has 7 nitrogen and oxygen atoms in total. The van der Waals surface area contributed by atoms with E-state index in [1.807, 2.05) is 4.72 Å². The van der Waals surface area contributed by atoms with Crippen LogP contribution < -0.4 is 10.5 Å². The number of nitro groups is 1. The monoisotopic (exact) mass is 345 g/mol. The van der Waals surface area contributed by atoms with Gasteiger partial charge < -0.3 is 5.73 Å². The summed E-state index contributed by atoms with van der Waals surface area (Å²) in [5.41, 5.74) is 0.0540. The van der Waals surface area contributed by atoms with E-state index in [9.17, 15) is 31.7 Å². The van der Waals surface area contributed by atoms with Crippen LogP contribution in [0.1, 0.15) is 0 Å². The maximum atomic E-state index is 11.9. The molecule has 0 aliphatic carbocycles. The van der Waals surface area contributed by atoms with Gasteiger partial charge in [-0.25, -0.2) is 13.1 Å². The first-order chi connectivity index (χ1) is 9.53. The number of benzene rings is 1. The maximum absolute atomic E-state index is 11.9. The highest BCUT2D eigenvalue weighted by molar-refractivity contribution is 8.00. The lowest BCUT2D eigenvalue weighted by atomic mass is 10.3. The van der Waals surface area contributed by atoms with Gasteiger partial charge in [0.05, 0.1) is 9.82 Å². The van der Waals surface area contributed by atoms with Gasteiger partial charge in [-0.3, -0.25) is 10.1 Å². The molecule has 0 amide bonds. The van der Waals surface area contributed by atoms with Crippen LogP contribution in [0.4, 0.5) is 24.5 Å². The van der Waals surface area contributed by atoms with E-state index >= 15 is 0 Å². The van der Waals surface area contributed by atoms with Crippen LogP contribution in [-0.2, 0) is 10.0 Å². The third kappa shape index (κ3) is 5.40. The second kappa shape index (κ2) is 6.49. The minimum atomic E-state index is -4.45. The van der Waals surface area contributed by atoms with Crippen molar-refractivity contribution in [3.63, 3.8) is 0 Å². The van der Waals surface area contributed by atoms with E-state index < -0.39 is 43.3 Å². The molecule has 0 fully saturated rings. The van der Waals surface area contributed by atoms with E-state index in [0.29, 0.717) is 0 Å². The SMILES string of the molecule is Nc1ccc(S(=O)(=O)NCCSC(F)(F)F)cc1[N+](=O)[O-]. The molecule has 1 aromatic rings. The molecule has 0 bridgehead atoms. The predicted molar refractivity (Wildman–Crippen MR) is 71.2 cm³/mol. The fourth-order valence-corrected chi connectivity index (χ4v) is 2.89. The van der Waals surface area contributed by atoms with E-state index in [1.54, 1.807) is 0 Å². The molecule has 21 heavy (non-hydrogen) atoms. The number of sulfonamides is 1. The van der Waals surface area contributed by atoms with Crippen molar-refractivity contribution in [1.82, 2.24) is 4.72 Å². The highest BCUT2D eigenvalue weighted by atomic mass is 32.2. The Morgan fingerprint density at radius 3 is 2.52 bits per heavy atom. The lowest BCUT2D eigenvalue weighted by Crippen LogP contribution is -2.26. The molecule has 0 aliphatic heterocycles. The summed E-state index contributed by atoms with van der Waals surface area (Å²) < 4.78 is 61.1. The van der Waals surface area contributed by atoms with Gasteiger partial charge in [-0.15, -0.1) is 0 Å². The van der Waals surface area contributed by atoms with Crippen LogP contribution in [-0.4, -0.2) is 31.1 Å². The van der Waals surface area contributed by atoms with Crippen molar-refractivity contribution < 1.29 is 26.5 Å². The van der Waals surface area contributed by atoms with Gasteiger partial charge in [0.15, 0.2) is 0 Å². The highest BCUT2D eigenvalue weighted by Gasteiger charge is 2.28. The Morgan fingerprint density at radius 1 is 1.38 bits per heavy atom. The highest BCUT2D eigenvalue weighted by Crippen LogP contribution is 2.29. The summed E-state index contributed by atoms with van der Waals surface area (Å²) in [6.07, 6.45) is 0. The summed E-state index contributed by atoms with van der Waals surface area (Å²) >= 11 is -0.375. The first-order valence-corrected chi connectivity index (χ1v) is 7.74. The summed E-state index contributed by atoms with van der Waals surface area (Å²) in [5, 5.41) is 10.7. The second-order valence-electron chi connectivity index (χ2n) is 3.67. The van der Waals surface area contributed by atoms with Gasteiger partial charge in [0.2, 0.25) is 10.0 Å². The van der Waals surface area contributed by atoms with Crippen LogP contribution in [0.5, 0.6) is 0 Å². The molecule has 0 aliphatic rings. The predicted octanol–water partition coefficient (Wildman–Crippen LogP) is 1.71. The van der Waals surface area contributed by atoms with E-state index in [0.717, 1.165) is 18.2 Å². The number of rotatable bonds is 6. The zero-order valence-electron chi connectivity index (χ0n) is 10.3. The number of thioether (sulfide) groups is 1. The number of nitro benzene ring substituents is 1. The summed E-state index contributed by atoms with van der Waals surface area (Å²) in [6.45, 7) is -0.468. The number of anilines is 1. The largest absolute Gasteiger partial charge is 0.441 e. The van der Waals surface area contributed by atoms with Crippen molar-refractivity contribution >= 4 is 33.2 Å². The number of nitrogens with zero attached hydrogens (tertiary/aromatic N) is 1. The smallest absolute Gasteiger partial charge is 0.393 e. The Hall–Kier alpha value is -1.53. The first kappa shape index (κ1) is 17.5. The van der Waals surface area contributed by atoms with E-state index in [-0.39, 0.29) is 17.4 Å². The second-order valence-corrected chi connectivity index (χ2v) is 6.60. The number of nitrogens with two attached hydrogens (primary N) is 1. The topological polar surface area (TPSA) is 115 Å². The first-order valence-electron chi connectivity index (χ1n) is 5.27. The van der Waals surface area contributed by atoms with Gasteiger partial charge in [0, 0.05) is 18.4 Å². The van der Waals surface area contributed by atoms with Gasteiger partial charge in [0.1, 0.15) is 5.69 Å². The molecule has 1 aromatic carbocycles. The summed E-state index contributed by atoms with van der Waals surface area (Å²) in [5.74, 6) is -0.514. The number of hydrogen-bond acceptors (Lipinski definition) is 6. The maximum Gasteiger partial charge on any atom is 0.441 e. The minimum Gasteiger partial charge on any atom is -0.393 e. The third-order valence-electron chi connectivity index (χ3n) is 2.17. The zero-order valence-corrected chi connectivity index (χ0v) is 11.9.